The second-order valence-electron chi connectivity index (χ2n) is 11.1. The minimum atomic E-state index is -0.424. The monoisotopic (exact) mass is 580 g/mol. The van der Waals surface area contributed by atoms with Crippen LogP contribution in [-0.2, 0) is 0 Å². The zero-order chi connectivity index (χ0) is 36.7. The molecule has 0 aliphatic heterocycles. The molecule has 0 fully saturated rings. The van der Waals surface area contributed by atoms with Gasteiger partial charge in [-0.25, -0.2) is 0 Å². The van der Waals surface area contributed by atoms with E-state index >= 15 is 0 Å². The van der Waals surface area contributed by atoms with E-state index in [-0.39, 0.29) is 45.7 Å². The predicted octanol–water partition coefficient (Wildman–Crippen LogP) is 12.6. The average molecular weight is 581 g/mol. The number of fused-ring (bicyclic) bond motifs is 5. The first kappa shape index (κ1) is 18.7. The molecule has 8 aromatic carbocycles. The van der Waals surface area contributed by atoms with Gasteiger partial charge in [0.15, 0.2) is 0 Å². The second kappa shape index (κ2) is 10.4. The van der Waals surface area contributed by atoms with Crippen molar-refractivity contribution in [1.29, 1.82) is 0 Å². The summed E-state index contributed by atoms with van der Waals surface area (Å²) in [5.74, 6) is 0. The molecule has 0 saturated heterocycles. The lowest BCUT2D eigenvalue weighted by atomic mass is 9.85. The van der Waals surface area contributed by atoms with Gasteiger partial charge in [0, 0.05) is 10.8 Å². The molecule has 0 N–H and O–H groups in total. The van der Waals surface area contributed by atoms with Crippen molar-refractivity contribution in [3.63, 3.8) is 0 Å². The van der Waals surface area contributed by atoms with Crippen LogP contribution in [0.25, 0.3) is 88.0 Å². The SMILES string of the molecule is [2H]c1c([2H])c([2H])c2c(-c3ccc(-c4ccc5oc6ccccc6c5c4)cc3)c3c([2H])c([2H])c([2H])c([2H])c3c(-c3ccc(-c4ccccc4)cc3)c2c1[2H]. The summed E-state index contributed by atoms with van der Waals surface area (Å²) < 4.78 is 77.7. The van der Waals surface area contributed by atoms with Crippen molar-refractivity contribution in [3.8, 4) is 44.5 Å². The fraction of sp³-hybridized carbons (Fsp3) is 0. The number of rotatable bonds is 4. The zero-order valence-electron chi connectivity index (χ0n) is 32.0. The van der Waals surface area contributed by atoms with E-state index in [0.717, 1.165) is 44.2 Å². The first-order valence-electron chi connectivity index (χ1n) is 18.8. The lowest BCUT2D eigenvalue weighted by molar-refractivity contribution is 0.669. The first-order chi connectivity index (χ1) is 25.6. The number of furan rings is 1. The molecule has 9 aromatic rings. The Morgan fingerprint density at radius 1 is 0.333 bits per heavy atom. The number of hydrogen-bond acceptors (Lipinski definition) is 1. The fourth-order valence-corrected chi connectivity index (χ4v) is 6.40. The van der Waals surface area contributed by atoms with Crippen LogP contribution < -0.4 is 0 Å². The Bertz CT molecular complexity index is 2870. The van der Waals surface area contributed by atoms with Crippen LogP contribution in [0.3, 0.4) is 0 Å². The van der Waals surface area contributed by atoms with Gasteiger partial charge in [0.25, 0.3) is 0 Å². The molecule has 1 aromatic heterocycles. The highest BCUT2D eigenvalue weighted by Gasteiger charge is 2.17. The highest BCUT2D eigenvalue weighted by Crippen LogP contribution is 2.44. The number of para-hydroxylation sites is 1. The van der Waals surface area contributed by atoms with E-state index in [2.05, 4.69) is 6.07 Å². The van der Waals surface area contributed by atoms with Crippen LogP contribution >= 0.6 is 0 Å². The van der Waals surface area contributed by atoms with Gasteiger partial charge in [-0.1, -0.05) is 151 Å². The number of hydrogen-bond donors (Lipinski definition) is 0. The largest absolute Gasteiger partial charge is 0.456 e. The molecule has 0 aliphatic carbocycles. The Morgan fingerprint density at radius 2 is 0.756 bits per heavy atom. The van der Waals surface area contributed by atoms with Gasteiger partial charge in [-0.05, 0) is 84.3 Å². The van der Waals surface area contributed by atoms with Crippen molar-refractivity contribution in [2.45, 2.75) is 0 Å². The smallest absolute Gasteiger partial charge is 0.135 e. The molecule has 0 unspecified atom stereocenters. The average Bonchev–Trinajstić information content (AvgIpc) is 3.58. The highest BCUT2D eigenvalue weighted by molar-refractivity contribution is 6.21. The van der Waals surface area contributed by atoms with Gasteiger partial charge in [-0.2, -0.15) is 0 Å². The molecule has 1 nitrogen and oxygen atoms in total. The topological polar surface area (TPSA) is 13.1 Å². The summed E-state index contributed by atoms with van der Waals surface area (Å²) >= 11 is 0. The molecule has 1 heteroatoms. The third-order valence-corrected chi connectivity index (χ3v) is 8.54. The van der Waals surface area contributed by atoms with Crippen molar-refractivity contribution < 1.29 is 15.4 Å². The summed E-state index contributed by atoms with van der Waals surface area (Å²) in [5, 5.41) is 2.76. The van der Waals surface area contributed by atoms with Gasteiger partial charge in [0.2, 0.25) is 0 Å². The van der Waals surface area contributed by atoms with Crippen LogP contribution in [-0.4, -0.2) is 0 Å². The fourth-order valence-electron chi connectivity index (χ4n) is 6.40. The molecular formula is C44H28O. The third-order valence-electron chi connectivity index (χ3n) is 8.54. The molecule has 0 saturated carbocycles. The van der Waals surface area contributed by atoms with E-state index in [9.17, 15) is 5.48 Å². The Kier molecular flexibility index (Phi) is 4.30. The predicted molar refractivity (Wildman–Crippen MR) is 190 cm³/mol. The molecule has 1 heterocycles. The van der Waals surface area contributed by atoms with E-state index < -0.39 is 24.2 Å². The Hall–Kier alpha value is -5.92. The van der Waals surface area contributed by atoms with Crippen LogP contribution in [0.1, 0.15) is 11.0 Å². The van der Waals surface area contributed by atoms with Crippen molar-refractivity contribution >= 4 is 43.5 Å². The molecule has 0 atom stereocenters. The van der Waals surface area contributed by atoms with E-state index in [1.807, 2.05) is 115 Å². The summed E-state index contributed by atoms with van der Waals surface area (Å²) in [6, 6.07) is 35.9. The third kappa shape index (κ3) is 4.24. The Labute approximate surface area is 272 Å². The molecule has 9 rings (SSSR count). The van der Waals surface area contributed by atoms with Crippen molar-refractivity contribution in [2.75, 3.05) is 0 Å². The molecule has 0 spiro atoms. The summed E-state index contributed by atoms with van der Waals surface area (Å²) in [5.41, 5.74) is 7.13. The highest BCUT2D eigenvalue weighted by atomic mass is 16.3. The van der Waals surface area contributed by atoms with Crippen LogP contribution in [0.15, 0.2) is 174 Å². The van der Waals surface area contributed by atoms with Crippen molar-refractivity contribution in [3.05, 3.63) is 170 Å². The van der Waals surface area contributed by atoms with Gasteiger partial charge in [-0.3, -0.25) is 0 Å². The van der Waals surface area contributed by atoms with Gasteiger partial charge < -0.3 is 4.42 Å². The van der Waals surface area contributed by atoms with Crippen LogP contribution in [0.2, 0.25) is 0 Å². The minimum absolute atomic E-state index is 0.190. The van der Waals surface area contributed by atoms with E-state index in [0.29, 0.717) is 22.3 Å². The minimum Gasteiger partial charge on any atom is -0.456 e. The summed E-state index contributed by atoms with van der Waals surface area (Å²) in [7, 11) is 0. The second-order valence-corrected chi connectivity index (χ2v) is 11.1. The maximum absolute atomic E-state index is 9.23. The summed E-state index contributed by atoms with van der Waals surface area (Å²) in [6.07, 6.45) is 0. The molecule has 0 bridgehead atoms. The van der Waals surface area contributed by atoms with E-state index in [4.69, 9.17) is 9.90 Å². The van der Waals surface area contributed by atoms with E-state index in [1.165, 1.54) is 0 Å². The molecule has 0 aliphatic rings. The van der Waals surface area contributed by atoms with Crippen molar-refractivity contribution in [2.24, 2.45) is 0 Å². The molecule has 0 radical (unpaired) electrons. The molecule has 210 valence electrons. The first-order valence-corrected chi connectivity index (χ1v) is 14.8. The van der Waals surface area contributed by atoms with Crippen LogP contribution in [0, 0.1) is 0 Å². The lowest BCUT2D eigenvalue weighted by Crippen LogP contribution is -1.91. The molecule has 0 amide bonds. The quantitative estimate of drug-likeness (QED) is 0.189. The Morgan fingerprint density at radius 3 is 1.33 bits per heavy atom. The number of benzene rings is 8. The van der Waals surface area contributed by atoms with Crippen LogP contribution in [0.4, 0.5) is 0 Å². The van der Waals surface area contributed by atoms with E-state index in [1.54, 1.807) is 0 Å². The summed E-state index contributed by atoms with van der Waals surface area (Å²) in [6.45, 7) is 0. The molecule has 45 heavy (non-hydrogen) atoms. The maximum atomic E-state index is 9.23. The van der Waals surface area contributed by atoms with Gasteiger partial charge in [0.1, 0.15) is 11.2 Å². The van der Waals surface area contributed by atoms with Gasteiger partial charge >= 0.3 is 0 Å². The lowest BCUT2D eigenvalue weighted by Gasteiger charge is -2.18. The van der Waals surface area contributed by atoms with Gasteiger partial charge in [-0.15, -0.1) is 0 Å². The Balaban J connectivity index is 1.33. The standard InChI is InChI=1S/C44H28O/c1-2-10-29(11-3-1)30-18-22-32(23-19-30)43-36-13-4-6-15-38(36)44(39-16-7-5-14-37(39)43)33-24-20-31(21-25-33)34-26-27-42-40(28-34)35-12-8-9-17-41(35)45-42/h1-28H/i4D,5D,6D,7D,13D,14D,15D,16D. The van der Waals surface area contributed by atoms with Gasteiger partial charge in [0.05, 0.1) is 11.0 Å². The molecular weight excluding hydrogens is 544 g/mol. The normalized spacial score (nSPS) is 14.0. The summed E-state index contributed by atoms with van der Waals surface area (Å²) in [4.78, 5) is 0. The van der Waals surface area contributed by atoms with Crippen LogP contribution in [0.5, 0.6) is 0 Å². The zero-order valence-corrected chi connectivity index (χ0v) is 24.0. The maximum Gasteiger partial charge on any atom is 0.135 e. The van der Waals surface area contributed by atoms with Crippen molar-refractivity contribution in [1.82, 2.24) is 0 Å².